The molecule has 2 heterocycles. The molecule has 0 bridgehead atoms. The van der Waals surface area contributed by atoms with Crippen LogP contribution in [-0.4, -0.2) is 18.4 Å². The van der Waals surface area contributed by atoms with Crippen molar-refractivity contribution in [1.29, 1.82) is 0 Å². The molecule has 2 amide bonds. The van der Waals surface area contributed by atoms with Gasteiger partial charge in [0.25, 0.3) is 5.91 Å². The molecule has 1 aliphatic rings. The second-order valence-electron chi connectivity index (χ2n) is 6.87. The lowest BCUT2D eigenvalue weighted by Crippen LogP contribution is -2.38. The molecule has 0 spiro atoms. The van der Waals surface area contributed by atoms with Crippen molar-refractivity contribution >= 4 is 23.2 Å². The van der Waals surface area contributed by atoms with Crippen molar-refractivity contribution in [3.8, 4) is 0 Å². The summed E-state index contributed by atoms with van der Waals surface area (Å²) in [5.74, 6) is 1.17. The minimum Gasteiger partial charge on any atom is -0.466 e. The third-order valence-corrected chi connectivity index (χ3v) is 4.51. The van der Waals surface area contributed by atoms with Crippen molar-refractivity contribution in [2.24, 2.45) is 5.92 Å². The molecule has 0 radical (unpaired) electrons. The number of benzene rings is 1. The Morgan fingerprint density at radius 2 is 1.96 bits per heavy atom. The highest BCUT2D eigenvalue weighted by molar-refractivity contribution is 6.05. The van der Waals surface area contributed by atoms with E-state index in [1.165, 1.54) is 0 Å². The highest BCUT2D eigenvalue weighted by Gasteiger charge is 2.25. The molecule has 3 rings (SSSR count). The van der Waals surface area contributed by atoms with Crippen LogP contribution in [0.1, 0.15) is 47.7 Å². The van der Waals surface area contributed by atoms with Crippen LogP contribution in [0.4, 0.5) is 11.4 Å². The van der Waals surface area contributed by atoms with Crippen molar-refractivity contribution < 1.29 is 14.0 Å². The number of anilines is 2. The van der Waals surface area contributed by atoms with E-state index in [-0.39, 0.29) is 17.7 Å². The van der Waals surface area contributed by atoms with Gasteiger partial charge in [-0.3, -0.25) is 9.59 Å². The Balaban J connectivity index is 1.87. The van der Waals surface area contributed by atoms with Crippen molar-refractivity contribution in [3.63, 3.8) is 0 Å². The molecule has 5 heteroatoms. The van der Waals surface area contributed by atoms with Gasteiger partial charge in [-0.25, -0.2) is 0 Å². The molecular formula is C20H24N2O3. The van der Waals surface area contributed by atoms with Crippen molar-refractivity contribution in [3.05, 3.63) is 46.9 Å². The number of rotatable bonds is 3. The molecule has 0 saturated carbocycles. The minimum absolute atomic E-state index is 0.0549. The number of aryl methyl sites for hydroxylation is 3. The maximum Gasteiger partial charge on any atom is 0.259 e. The third kappa shape index (κ3) is 3.45. The Hall–Kier alpha value is -2.56. The monoisotopic (exact) mass is 340 g/mol. The van der Waals surface area contributed by atoms with Crippen LogP contribution in [0.2, 0.25) is 0 Å². The van der Waals surface area contributed by atoms with Crippen LogP contribution in [0.25, 0.3) is 0 Å². The second kappa shape index (κ2) is 6.75. The van der Waals surface area contributed by atoms with Crippen LogP contribution in [0.3, 0.4) is 0 Å². The summed E-state index contributed by atoms with van der Waals surface area (Å²) >= 11 is 0. The standard InChI is InChI=1S/C20H24N2O3/c1-12(2)20(24)22-9-5-6-15-7-8-16(11-18(15)22)21-19(23)17-10-13(3)25-14(17)4/h7-8,10-12H,5-6,9H2,1-4H3,(H,21,23). The van der Waals surface area contributed by atoms with Crippen molar-refractivity contribution in [1.82, 2.24) is 0 Å². The number of hydrogen-bond acceptors (Lipinski definition) is 3. The Kier molecular flexibility index (Phi) is 4.66. The molecule has 2 aromatic rings. The number of nitrogens with one attached hydrogen (secondary N) is 1. The van der Waals surface area contributed by atoms with Gasteiger partial charge in [0.15, 0.2) is 0 Å². The summed E-state index contributed by atoms with van der Waals surface area (Å²) in [4.78, 5) is 26.8. The van der Waals surface area contributed by atoms with Gasteiger partial charge in [-0.2, -0.15) is 0 Å². The first kappa shape index (κ1) is 17.3. The molecule has 1 N–H and O–H groups in total. The Bertz CT molecular complexity index is 820. The van der Waals surface area contributed by atoms with Gasteiger partial charge in [-0.05, 0) is 50.5 Å². The SMILES string of the molecule is Cc1cc(C(=O)Nc2ccc3c(c2)N(C(=O)C(C)C)CCC3)c(C)o1. The Labute approximate surface area is 148 Å². The van der Waals surface area contributed by atoms with Crippen LogP contribution in [0, 0.1) is 19.8 Å². The molecular weight excluding hydrogens is 316 g/mol. The first-order chi connectivity index (χ1) is 11.9. The number of hydrogen-bond donors (Lipinski definition) is 1. The summed E-state index contributed by atoms with van der Waals surface area (Å²) in [6.07, 6.45) is 1.91. The fourth-order valence-electron chi connectivity index (χ4n) is 3.25. The molecule has 0 unspecified atom stereocenters. The van der Waals surface area contributed by atoms with E-state index in [4.69, 9.17) is 4.42 Å². The Morgan fingerprint density at radius 1 is 1.20 bits per heavy atom. The highest BCUT2D eigenvalue weighted by Crippen LogP contribution is 2.31. The largest absolute Gasteiger partial charge is 0.466 e. The highest BCUT2D eigenvalue weighted by atomic mass is 16.3. The van der Waals surface area contributed by atoms with Crippen LogP contribution >= 0.6 is 0 Å². The van der Waals surface area contributed by atoms with E-state index in [9.17, 15) is 9.59 Å². The maximum absolute atomic E-state index is 12.5. The molecule has 132 valence electrons. The topological polar surface area (TPSA) is 62.6 Å². The van der Waals surface area contributed by atoms with Gasteiger partial charge in [0.05, 0.1) is 5.56 Å². The first-order valence-electron chi connectivity index (χ1n) is 8.69. The van der Waals surface area contributed by atoms with E-state index >= 15 is 0 Å². The molecule has 1 aromatic heterocycles. The van der Waals surface area contributed by atoms with Crippen LogP contribution in [0.15, 0.2) is 28.7 Å². The van der Waals surface area contributed by atoms with Crippen molar-refractivity contribution in [2.75, 3.05) is 16.8 Å². The zero-order valence-corrected chi connectivity index (χ0v) is 15.2. The lowest BCUT2D eigenvalue weighted by atomic mass is 9.99. The van der Waals surface area contributed by atoms with E-state index < -0.39 is 0 Å². The number of nitrogens with zero attached hydrogens (tertiary/aromatic N) is 1. The average Bonchev–Trinajstić information content (AvgIpc) is 2.92. The van der Waals surface area contributed by atoms with Crippen LogP contribution < -0.4 is 10.2 Å². The molecule has 0 saturated heterocycles. The van der Waals surface area contributed by atoms with E-state index in [2.05, 4.69) is 5.32 Å². The summed E-state index contributed by atoms with van der Waals surface area (Å²) in [6.45, 7) is 8.13. The van der Waals surface area contributed by atoms with Gasteiger partial charge in [-0.1, -0.05) is 19.9 Å². The molecule has 0 fully saturated rings. The first-order valence-corrected chi connectivity index (χ1v) is 8.69. The summed E-state index contributed by atoms with van der Waals surface area (Å²) in [7, 11) is 0. The summed E-state index contributed by atoms with van der Waals surface area (Å²) < 4.78 is 5.43. The maximum atomic E-state index is 12.5. The van der Waals surface area contributed by atoms with E-state index in [0.29, 0.717) is 22.8 Å². The van der Waals surface area contributed by atoms with Crippen LogP contribution in [0.5, 0.6) is 0 Å². The number of fused-ring (bicyclic) bond motifs is 1. The summed E-state index contributed by atoms with van der Waals surface area (Å²) in [6, 6.07) is 7.52. The quantitative estimate of drug-likeness (QED) is 0.915. The molecule has 5 nitrogen and oxygen atoms in total. The lowest BCUT2D eigenvalue weighted by Gasteiger charge is -2.31. The van der Waals surface area contributed by atoms with Crippen molar-refractivity contribution in [2.45, 2.75) is 40.5 Å². The summed E-state index contributed by atoms with van der Waals surface area (Å²) in [5, 5.41) is 2.91. The number of furan rings is 1. The predicted molar refractivity (Wildman–Crippen MR) is 98.1 cm³/mol. The molecule has 0 aliphatic carbocycles. The van der Waals surface area contributed by atoms with Crippen LogP contribution in [-0.2, 0) is 11.2 Å². The molecule has 1 aromatic carbocycles. The zero-order valence-electron chi connectivity index (χ0n) is 15.2. The average molecular weight is 340 g/mol. The van der Waals surface area contributed by atoms with E-state index in [1.807, 2.05) is 43.9 Å². The van der Waals surface area contributed by atoms with Gasteiger partial charge in [0, 0.05) is 23.8 Å². The van der Waals surface area contributed by atoms with Gasteiger partial charge in [-0.15, -0.1) is 0 Å². The van der Waals surface area contributed by atoms with Gasteiger partial charge < -0.3 is 14.6 Å². The molecule has 25 heavy (non-hydrogen) atoms. The fraction of sp³-hybridized carbons (Fsp3) is 0.400. The van der Waals surface area contributed by atoms with E-state index in [1.54, 1.807) is 13.0 Å². The smallest absolute Gasteiger partial charge is 0.259 e. The Morgan fingerprint density at radius 3 is 2.60 bits per heavy atom. The second-order valence-corrected chi connectivity index (χ2v) is 6.87. The zero-order chi connectivity index (χ0) is 18.1. The third-order valence-electron chi connectivity index (χ3n) is 4.51. The van der Waals surface area contributed by atoms with Gasteiger partial charge >= 0.3 is 0 Å². The predicted octanol–water partition coefficient (Wildman–Crippen LogP) is 4.08. The fourth-order valence-corrected chi connectivity index (χ4v) is 3.25. The number of carbonyl (C=O) groups excluding carboxylic acids is 2. The molecule has 0 atom stereocenters. The summed E-state index contributed by atoms with van der Waals surface area (Å²) in [5.41, 5.74) is 3.27. The van der Waals surface area contributed by atoms with Gasteiger partial charge in [0.2, 0.25) is 5.91 Å². The lowest BCUT2D eigenvalue weighted by molar-refractivity contribution is -0.121. The minimum atomic E-state index is -0.202. The van der Waals surface area contributed by atoms with Gasteiger partial charge in [0.1, 0.15) is 11.5 Å². The normalized spacial score (nSPS) is 13.7. The number of amides is 2. The molecule has 1 aliphatic heterocycles. The number of carbonyl (C=O) groups is 2. The van der Waals surface area contributed by atoms with E-state index in [0.717, 1.165) is 30.6 Å².